The summed E-state index contributed by atoms with van der Waals surface area (Å²) >= 11 is 0. The second-order valence-corrected chi connectivity index (χ2v) is 10.9. The van der Waals surface area contributed by atoms with Gasteiger partial charge in [0.2, 0.25) is 15.9 Å². The van der Waals surface area contributed by atoms with Crippen molar-refractivity contribution in [2.75, 3.05) is 5.32 Å². The Bertz CT molecular complexity index is 990. The van der Waals surface area contributed by atoms with Gasteiger partial charge in [-0.25, -0.2) is 13.1 Å². The SMILES string of the molecule is Cc1ccc(-c2ccc(NC(=O)C3CCC(NS(=O)(=O)C(C)C)CC3)cc2)cc1C. The quantitative estimate of drug-likeness (QED) is 0.694. The highest BCUT2D eigenvalue weighted by atomic mass is 32.2. The van der Waals surface area contributed by atoms with Crippen LogP contribution in [-0.4, -0.2) is 25.6 Å². The fourth-order valence-electron chi connectivity index (χ4n) is 3.75. The number of anilines is 1. The van der Waals surface area contributed by atoms with Crippen molar-refractivity contribution in [3.05, 3.63) is 53.6 Å². The Morgan fingerprint density at radius 2 is 1.50 bits per heavy atom. The minimum atomic E-state index is -3.27. The minimum absolute atomic E-state index is 0.0131. The van der Waals surface area contributed by atoms with Crippen LogP contribution in [0.3, 0.4) is 0 Å². The molecule has 0 spiro atoms. The summed E-state index contributed by atoms with van der Waals surface area (Å²) in [5.41, 5.74) is 5.60. The number of aryl methyl sites for hydroxylation is 2. The van der Waals surface area contributed by atoms with Crippen molar-refractivity contribution in [1.82, 2.24) is 4.72 Å². The first-order valence-electron chi connectivity index (χ1n) is 10.7. The highest BCUT2D eigenvalue weighted by Gasteiger charge is 2.29. The van der Waals surface area contributed by atoms with Gasteiger partial charge in [-0.1, -0.05) is 30.3 Å². The van der Waals surface area contributed by atoms with Crippen molar-refractivity contribution in [2.45, 2.75) is 64.7 Å². The fourth-order valence-corrected chi connectivity index (χ4v) is 4.73. The normalized spacial score (nSPS) is 19.6. The summed E-state index contributed by atoms with van der Waals surface area (Å²) in [5.74, 6) is -0.0664. The molecule has 1 fully saturated rings. The van der Waals surface area contributed by atoms with E-state index < -0.39 is 15.3 Å². The number of amides is 1. The molecule has 0 saturated heterocycles. The molecule has 1 amide bonds. The van der Waals surface area contributed by atoms with Crippen LogP contribution in [0.5, 0.6) is 0 Å². The van der Waals surface area contributed by atoms with E-state index in [0.29, 0.717) is 25.7 Å². The monoisotopic (exact) mass is 428 g/mol. The molecule has 1 aliphatic carbocycles. The summed E-state index contributed by atoms with van der Waals surface area (Å²) in [6, 6.07) is 14.3. The van der Waals surface area contributed by atoms with Gasteiger partial charge in [0, 0.05) is 17.6 Å². The molecule has 2 aromatic rings. The summed E-state index contributed by atoms with van der Waals surface area (Å²) in [6.07, 6.45) is 2.77. The molecule has 0 radical (unpaired) electrons. The maximum Gasteiger partial charge on any atom is 0.227 e. The third kappa shape index (κ3) is 5.49. The number of nitrogens with one attached hydrogen (secondary N) is 2. The molecule has 0 heterocycles. The lowest BCUT2D eigenvalue weighted by Crippen LogP contribution is -2.42. The van der Waals surface area contributed by atoms with E-state index in [2.05, 4.69) is 42.1 Å². The minimum Gasteiger partial charge on any atom is -0.326 e. The number of rotatable bonds is 6. The number of carbonyl (C=O) groups excluding carboxylic acids is 1. The van der Waals surface area contributed by atoms with Crippen molar-refractivity contribution in [2.24, 2.45) is 5.92 Å². The van der Waals surface area contributed by atoms with E-state index in [1.54, 1.807) is 13.8 Å². The number of sulfonamides is 1. The van der Waals surface area contributed by atoms with E-state index >= 15 is 0 Å². The smallest absolute Gasteiger partial charge is 0.227 e. The largest absolute Gasteiger partial charge is 0.326 e. The van der Waals surface area contributed by atoms with Crippen molar-refractivity contribution >= 4 is 21.6 Å². The second kappa shape index (κ2) is 9.31. The van der Waals surface area contributed by atoms with E-state index in [1.807, 2.05) is 24.3 Å². The molecule has 162 valence electrons. The molecule has 1 aliphatic rings. The van der Waals surface area contributed by atoms with E-state index in [0.717, 1.165) is 16.8 Å². The zero-order chi connectivity index (χ0) is 21.9. The van der Waals surface area contributed by atoms with E-state index in [-0.39, 0.29) is 17.9 Å². The predicted molar refractivity (Wildman–Crippen MR) is 123 cm³/mol. The Morgan fingerprint density at radius 1 is 0.900 bits per heavy atom. The van der Waals surface area contributed by atoms with Crippen LogP contribution in [0.1, 0.15) is 50.7 Å². The molecular weight excluding hydrogens is 396 g/mol. The maximum atomic E-state index is 12.7. The molecule has 2 aromatic carbocycles. The number of hydrogen-bond donors (Lipinski definition) is 2. The van der Waals surface area contributed by atoms with Gasteiger partial charge in [-0.15, -0.1) is 0 Å². The van der Waals surface area contributed by atoms with Gasteiger partial charge in [-0.2, -0.15) is 0 Å². The summed E-state index contributed by atoms with van der Waals surface area (Å²) < 4.78 is 26.8. The average Bonchev–Trinajstić information content (AvgIpc) is 2.71. The van der Waals surface area contributed by atoms with Crippen LogP contribution in [0, 0.1) is 19.8 Å². The molecule has 0 unspecified atom stereocenters. The lowest BCUT2D eigenvalue weighted by Gasteiger charge is -2.28. The molecule has 0 bridgehead atoms. The highest BCUT2D eigenvalue weighted by molar-refractivity contribution is 7.90. The number of carbonyl (C=O) groups is 1. The van der Waals surface area contributed by atoms with Crippen LogP contribution < -0.4 is 10.0 Å². The summed E-state index contributed by atoms with van der Waals surface area (Å²) in [7, 11) is -3.27. The Labute approximate surface area is 180 Å². The molecule has 3 rings (SSSR count). The van der Waals surface area contributed by atoms with Gasteiger partial charge in [-0.05, 0) is 87.8 Å². The van der Waals surface area contributed by atoms with Crippen molar-refractivity contribution in [3.8, 4) is 11.1 Å². The average molecular weight is 429 g/mol. The first-order valence-corrected chi connectivity index (χ1v) is 12.2. The predicted octanol–water partition coefficient (Wildman–Crippen LogP) is 4.80. The van der Waals surface area contributed by atoms with Crippen LogP contribution in [0.4, 0.5) is 5.69 Å². The number of benzene rings is 2. The molecule has 30 heavy (non-hydrogen) atoms. The van der Waals surface area contributed by atoms with Gasteiger partial charge in [0.1, 0.15) is 0 Å². The van der Waals surface area contributed by atoms with Crippen LogP contribution in [-0.2, 0) is 14.8 Å². The Hall–Kier alpha value is -2.18. The molecule has 2 N–H and O–H groups in total. The van der Waals surface area contributed by atoms with Gasteiger partial charge < -0.3 is 5.32 Å². The molecule has 0 aliphatic heterocycles. The van der Waals surface area contributed by atoms with Gasteiger partial charge in [-0.3, -0.25) is 4.79 Å². The van der Waals surface area contributed by atoms with Crippen LogP contribution in [0.2, 0.25) is 0 Å². The van der Waals surface area contributed by atoms with Gasteiger partial charge in [0.05, 0.1) is 5.25 Å². The van der Waals surface area contributed by atoms with Crippen LogP contribution in [0.25, 0.3) is 11.1 Å². The summed E-state index contributed by atoms with van der Waals surface area (Å²) in [4.78, 5) is 12.7. The van der Waals surface area contributed by atoms with Crippen molar-refractivity contribution in [3.63, 3.8) is 0 Å². The zero-order valence-corrected chi connectivity index (χ0v) is 19.1. The summed E-state index contributed by atoms with van der Waals surface area (Å²) in [6.45, 7) is 7.56. The maximum absolute atomic E-state index is 12.7. The van der Waals surface area contributed by atoms with Crippen molar-refractivity contribution in [1.29, 1.82) is 0 Å². The van der Waals surface area contributed by atoms with E-state index in [4.69, 9.17) is 0 Å². The lowest BCUT2D eigenvalue weighted by atomic mass is 9.86. The van der Waals surface area contributed by atoms with Gasteiger partial charge in [0.25, 0.3) is 0 Å². The Morgan fingerprint density at radius 3 is 2.07 bits per heavy atom. The number of hydrogen-bond acceptors (Lipinski definition) is 3. The third-order valence-electron chi connectivity index (χ3n) is 6.04. The van der Waals surface area contributed by atoms with Crippen LogP contribution >= 0.6 is 0 Å². The Balaban J connectivity index is 1.55. The zero-order valence-electron chi connectivity index (χ0n) is 18.2. The first kappa shape index (κ1) is 22.5. The molecule has 6 heteroatoms. The third-order valence-corrected chi connectivity index (χ3v) is 7.95. The molecule has 0 aromatic heterocycles. The fraction of sp³-hybridized carbons (Fsp3) is 0.458. The molecule has 1 saturated carbocycles. The van der Waals surface area contributed by atoms with E-state index in [1.165, 1.54) is 11.1 Å². The molecule has 0 atom stereocenters. The van der Waals surface area contributed by atoms with E-state index in [9.17, 15) is 13.2 Å². The summed E-state index contributed by atoms with van der Waals surface area (Å²) in [5, 5.41) is 2.58. The second-order valence-electron chi connectivity index (χ2n) is 8.63. The molecule has 5 nitrogen and oxygen atoms in total. The van der Waals surface area contributed by atoms with Gasteiger partial charge >= 0.3 is 0 Å². The van der Waals surface area contributed by atoms with Gasteiger partial charge in [0.15, 0.2) is 0 Å². The highest BCUT2D eigenvalue weighted by Crippen LogP contribution is 2.28. The van der Waals surface area contributed by atoms with Crippen molar-refractivity contribution < 1.29 is 13.2 Å². The standard InChI is InChI=1S/C24H32N2O3S/c1-16(2)30(28,29)26-23-13-9-20(10-14-23)24(27)25-22-11-7-19(8-12-22)21-6-5-17(3)18(4)15-21/h5-8,11-12,15-16,20,23,26H,9-10,13-14H2,1-4H3,(H,25,27). The topological polar surface area (TPSA) is 75.3 Å². The first-order chi connectivity index (χ1) is 14.2. The Kier molecular flexibility index (Phi) is 6.98. The molecular formula is C24H32N2O3S. The lowest BCUT2D eigenvalue weighted by molar-refractivity contribution is -0.120. The van der Waals surface area contributed by atoms with Crippen LogP contribution in [0.15, 0.2) is 42.5 Å².